The number of aromatic nitrogens is 1. The molecule has 0 fully saturated rings. The number of hydrogen-bond donors (Lipinski definition) is 3. The Hall–Kier alpha value is -3.57. The summed E-state index contributed by atoms with van der Waals surface area (Å²) < 4.78 is 16.3. The van der Waals surface area contributed by atoms with Crippen LogP contribution in [0.25, 0.3) is 0 Å². The van der Waals surface area contributed by atoms with Crippen LogP contribution in [-0.2, 0) is 22.7 Å². The third-order valence-corrected chi connectivity index (χ3v) is 5.03. The Morgan fingerprint density at radius 3 is 2.37 bits per heavy atom. The molecule has 0 saturated carbocycles. The van der Waals surface area contributed by atoms with Crippen LogP contribution in [0, 0.1) is 13.8 Å². The number of ether oxygens (including phenoxy) is 3. The smallest absolute Gasteiger partial charge is 0.407 e. The molecular weight excluding hydrogens is 456 g/mol. The summed E-state index contributed by atoms with van der Waals surface area (Å²) in [7, 11) is 2.89. The zero-order valence-electron chi connectivity index (χ0n) is 20.8. The summed E-state index contributed by atoms with van der Waals surface area (Å²) in [5.41, 5.74) is 2.50. The van der Waals surface area contributed by atoms with Crippen LogP contribution in [-0.4, -0.2) is 67.2 Å². The van der Waals surface area contributed by atoms with Crippen LogP contribution in [0.5, 0.6) is 11.5 Å². The standard InChI is InChI=1S/C24H34N4O7/c1-6-28(35-21-10-8-7-9-16(21)2)12-19(29)14-32-22-17(3)27-11-18(13-33-23(30)25-4)20(22)15-34-24(31)26-5/h7-11,19,29H,6,12-15H2,1-5H3,(H,25,30)(H,26,31). The number of hydrogen-bond acceptors (Lipinski definition) is 9. The monoisotopic (exact) mass is 490 g/mol. The van der Waals surface area contributed by atoms with Gasteiger partial charge in [-0.15, -0.1) is 5.06 Å². The number of nitrogens with zero attached hydrogens (tertiary/aromatic N) is 2. The molecule has 0 aliphatic heterocycles. The fourth-order valence-electron chi connectivity index (χ4n) is 3.07. The topological polar surface area (TPSA) is 131 Å². The van der Waals surface area contributed by atoms with Crippen molar-refractivity contribution in [3.8, 4) is 11.5 Å². The van der Waals surface area contributed by atoms with Gasteiger partial charge in [-0.2, -0.15) is 0 Å². The summed E-state index contributed by atoms with van der Waals surface area (Å²) in [6.07, 6.45) is -0.610. The van der Waals surface area contributed by atoms with Crippen molar-refractivity contribution >= 4 is 12.2 Å². The van der Waals surface area contributed by atoms with E-state index in [0.29, 0.717) is 34.9 Å². The first-order valence-corrected chi connectivity index (χ1v) is 11.2. The second-order valence-electron chi connectivity index (χ2n) is 7.63. The Bertz CT molecular complexity index is 986. The van der Waals surface area contributed by atoms with Gasteiger partial charge in [0.1, 0.15) is 37.4 Å². The third-order valence-electron chi connectivity index (χ3n) is 5.03. The summed E-state index contributed by atoms with van der Waals surface area (Å²) in [5.74, 6) is 1.05. The van der Waals surface area contributed by atoms with Gasteiger partial charge in [0, 0.05) is 38.0 Å². The number of benzene rings is 1. The van der Waals surface area contributed by atoms with Crippen LogP contribution >= 0.6 is 0 Å². The Morgan fingerprint density at radius 1 is 1.09 bits per heavy atom. The molecule has 1 aromatic carbocycles. The molecule has 11 heteroatoms. The van der Waals surface area contributed by atoms with Crippen LogP contribution in [0.3, 0.4) is 0 Å². The van der Waals surface area contributed by atoms with Gasteiger partial charge in [0.05, 0.1) is 12.2 Å². The normalized spacial score (nSPS) is 11.5. The first-order valence-electron chi connectivity index (χ1n) is 11.2. The Morgan fingerprint density at radius 2 is 1.74 bits per heavy atom. The second kappa shape index (κ2) is 14.0. The number of para-hydroxylation sites is 1. The van der Waals surface area contributed by atoms with Crippen LogP contribution in [0.4, 0.5) is 9.59 Å². The van der Waals surface area contributed by atoms with Gasteiger partial charge in [-0.05, 0) is 32.4 Å². The molecule has 11 nitrogen and oxygen atoms in total. The largest absolute Gasteiger partial charge is 0.488 e. The number of carbonyl (C=O) groups is 2. The van der Waals surface area contributed by atoms with Crippen molar-refractivity contribution in [3.63, 3.8) is 0 Å². The predicted molar refractivity (Wildman–Crippen MR) is 128 cm³/mol. The van der Waals surface area contributed by atoms with Gasteiger partial charge in [-0.3, -0.25) is 4.98 Å². The number of aryl methyl sites for hydroxylation is 2. The lowest BCUT2D eigenvalue weighted by molar-refractivity contribution is -0.0864. The maximum Gasteiger partial charge on any atom is 0.407 e. The number of pyridine rings is 1. The molecule has 0 aliphatic carbocycles. The molecule has 2 rings (SSSR count). The molecule has 1 unspecified atom stereocenters. The van der Waals surface area contributed by atoms with Crippen molar-refractivity contribution in [2.45, 2.75) is 40.1 Å². The van der Waals surface area contributed by atoms with Gasteiger partial charge in [0.2, 0.25) is 0 Å². The molecule has 192 valence electrons. The highest BCUT2D eigenvalue weighted by molar-refractivity contribution is 5.67. The fraction of sp³-hybridized carbons (Fsp3) is 0.458. The molecule has 1 heterocycles. The van der Waals surface area contributed by atoms with Crippen LogP contribution < -0.4 is 20.2 Å². The number of aliphatic hydroxyl groups excluding tert-OH is 1. The first kappa shape index (κ1) is 27.7. The Kier molecular flexibility index (Phi) is 11.0. The molecule has 35 heavy (non-hydrogen) atoms. The van der Waals surface area contributed by atoms with Crippen LogP contribution in [0.15, 0.2) is 30.5 Å². The highest BCUT2D eigenvalue weighted by Crippen LogP contribution is 2.27. The maximum atomic E-state index is 11.7. The first-order chi connectivity index (χ1) is 16.8. The molecule has 2 amide bonds. The van der Waals surface area contributed by atoms with E-state index < -0.39 is 18.3 Å². The number of rotatable bonds is 12. The van der Waals surface area contributed by atoms with E-state index in [1.54, 1.807) is 12.0 Å². The summed E-state index contributed by atoms with van der Waals surface area (Å²) in [5, 5.41) is 17.0. The summed E-state index contributed by atoms with van der Waals surface area (Å²) in [6.45, 7) is 6.03. The lowest BCUT2D eigenvalue weighted by Crippen LogP contribution is -2.38. The average Bonchev–Trinajstić information content (AvgIpc) is 2.86. The van der Waals surface area contributed by atoms with Crippen molar-refractivity contribution in [3.05, 3.63) is 52.8 Å². The van der Waals surface area contributed by atoms with Crippen molar-refractivity contribution < 1.29 is 33.7 Å². The Balaban J connectivity index is 2.13. The maximum absolute atomic E-state index is 11.7. The molecule has 0 spiro atoms. The van der Waals surface area contributed by atoms with Gasteiger partial charge < -0.3 is 34.8 Å². The van der Waals surface area contributed by atoms with Crippen LogP contribution in [0.2, 0.25) is 0 Å². The summed E-state index contributed by atoms with van der Waals surface area (Å²) >= 11 is 0. The molecule has 0 bridgehead atoms. The zero-order valence-corrected chi connectivity index (χ0v) is 20.8. The van der Waals surface area contributed by atoms with E-state index in [1.807, 2.05) is 38.1 Å². The van der Waals surface area contributed by atoms with E-state index in [-0.39, 0.29) is 26.4 Å². The lowest BCUT2D eigenvalue weighted by Gasteiger charge is -2.25. The third kappa shape index (κ3) is 8.62. The quantitative estimate of drug-likeness (QED) is 0.384. The van der Waals surface area contributed by atoms with Gasteiger partial charge >= 0.3 is 12.2 Å². The average molecular weight is 491 g/mol. The molecule has 2 aromatic rings. The van der Waals surface area contributed by atoms with E-state index in [9.17, 15) is 14.7 Å². The minimum Gasteiger partial charge on any atom is -0.488 e. The number of alkyl carbamates (subject to hydrolysis) is 2. The number of carbonyl (C=O) groups excluding carboxylic acids is 2. The van der Waals surface area contributed by atoms with Gasteiger partial charge in [-0.1, -0.05) is 18.2 Å². The van der Waals surface area contributed by atoms with E-state index in [4.69, 9.17) is 19.0 Å². The van der Waals surface area contributed by atoms with E-state index in [0.717, 1.165) is 5.56 Å². The highest BCUT2D eigenvalue weighted by Gasteiger charge is 2.20. The van der Waals surface area contributed by atoms with Gasteiger partial charge in [0.25, 0.3) is 0 Å². The van der Waals surface area contributed by atoms with Crippen molar-refractivity contribution in [1.82, 2.24) is 20.7 Å². The predicted octanol–water partition coefficient (Wildman–Crippen LogP) is 2.47. The molecule has 0 radical (unpaired) electrons. The van der Waals surface area contributed by atoms with Gasteiger partial charge in [0.15, 0.2) is 0 Å². The van der Waals surface area contributed by atoms with E-state index in [2.05, 4.69) is 15.6 Å². The van der Waals surface area contributed by atoms with Crippen molar-refractivity contribution in [1.29, 1.82) is 0 Å². The van der Waals surface area contributed by atoms with E-state index in [1.165, 1.54) is 20.3 Å². The van der Waals surface area contributed by atoms with Crippen molar-refractivity contribution in [2.24, 2.45) is 0 Å². The molecule has 1 aromatic heterocycles. The second-order valence-corrected chi connectivity index (χ2v) is 7.63. The Labute approximate surface area is 205 Å². The molecule has 3 N–H and O–H groups in total. The number of likely N-dealkylation sites (N-methyl/N-ethyl adjacent to an activating group) is 1. The van der Waals surface area contributed by atoms with Crippen LogP contribution in [0.1, 0.15) is 29.3 Å². The fourth-order valence-corrected chi connectivity index (χ4v) is 3.07. The number of amides is 2. The number of hydroxylamine groups is 2. The van der Waals surface area contributed by atoms with E-state index >= 15 is 0 Å². The molecule has 0 aliphatic rings. The number of aliphatic hydroxyl groups is 1. The van der Waals surface area contributed by atoms with Gasteiger partial charge in [-0.25, -0.2) is 9.59 Å². The minimum atomic E-state index is -0.892. The SMILES string of the molecule is CCN(CC(O)COc1c(C)ncc(COC(=O)NC)c1COC(=O)NC)Oc1ccccc1C. The summed E-state index contributed by atoms with van der Waals surface area (Å²) in [6, 6.07) is 7.62. The zero-order chi connectivity index (χ0) is 25.8. The minimum absolute atomic E-state index is 0.0666. The lowest BCUT2D eigenvalue weighted by atomic mass is 10.1. The molecule has 1 atom stereocenters. The highest BCUT2D eigenvalue weighted by atomic mass is 16.7. The number of nitrogens with one attached hydrogen (secondary N) is 2. The summed E-state index contributed by atoms with van der Waals surface area (Å²) in [4.78, 5) is 33.4. The molecular formula is C24H34N4O7. The van der Waals surface area contributed by atoms with Crippen molar-refractivity contribution in [2.75, 3.05) is 33.8 Å². The molecule has 0 saturated heterocycles.